The summed E-state index contributed by atoms with van der Waals surface area (Å²) >= 11 is 0. The van der Waals surface area contributed by atoms with E-state index in [9.17, 15) is 4.79 Å². The number of nitrogens with one attached hydrogen (secondary N) is 1. The van der Waals surface area contributed by atoms with Gasteiger partial charge in [0, 0.05) is 49.3 Å². The zero-order valence-corrected chi connectivity index (χ0v) is 15.8. The Morgan fingerprint density at radius 1 is 1.23 bits per heavy atom. The van der Waals surface area contributed by atoms with Gasteiger partial charge in [0.2, 0.25) is 5.91 Å². The average Bonchev–Trinajstić information content (AvgIpc) is 3.21. The topological polar surface area (TPSA) is 48.6 Å². The summed E-state index contributed by atoms with van der Waals surface area (Å²) < 4.78 is 5.84. The first kappa shape index (κ1) is 17.6. The first-order chi connectivity index (χ1) is 12.6. The second-order valence-electron chi connectivity index (χ2n) is 7.90. The molecule has 0 saturated carbocycles. The van der Waals surface area contributed by atoms with Gasteiger partial charge in [-0.05, 0) is 38.3 Å². The van der Waals surface area contributed by atoms with Crippen LogP contribution in [0.3, 0.4) is 0 Å². The molecule has 2 aliphatic heterocycles. The van der Waals surface area contributed by atoms with Crippen LogP contribution in [0.4, 0.5) is 0 Å². The number of carbonyl (C=O) groups excluding carboxylic acids is 1. The summed E-state index contributed by atoms with van der Waals surface area (Å²) in [6.07, 6.45) is 5.24. The van der Waals surface area contributed by atoms with Crippen LogP contribution in [0.5, 0.6) is 0 Å². The van der Waals surface area contributed by atoms with Gasteiger partial charge in [-0.15, -0.1) is 0 Å². The molecule has 0 radical (unpaired) electrons. The summed E-state index contributed by atoms with van der Waals surface area (Å²) in [5.74, 6) is 0.256. The largest absolute Gasteiger partial charge is 0.373 e. The molecule has 2 aliphatic rings. The molecule has 1 amide bonds. The summed E-state index contributed by atoms with van der Waals surface area (Å²) in [7, 11) is 0. The molecule has 5 heteroatoms. The number of rotatable bonds is 4. The highest BCUT2D eigenvalue weighted by molar-refractivity contribution is 5.89. The molecule has 0 bridgehead atoms. The number of aromatic nitrogens is 1. The molecule has 2 aromatic rings. The van der Waals surface area contributed by atoms with Crippen LogP contribution in [0.2, 0.25) is 0 Å². The third-order valence-corrected chi connectivity index (χ3v) is 5.68. The Bertz CT molecular complexity index is 761. The molecule has 1 aromatic heterocycles. The molecule has 1 aromatic carbocycles. The van der Waals surface area contributed by atoms with Crippen LogP contribution in [0.25, 0.3) is 10.9 Å². The molecule has 0 aliphatic carbocycles. The van der Waals surface area contributed by atoms with E-state index in [4.69, 9.17) is 4.74 Å². The van der Waals surface area contributed by atoms with E-state index in [1.807, 2.05) is 18.3 Å². The van der Waals surface area contributed by atoms with Crippen LogP contribution in [0.15, 0.2) is 30.5 Å². The third kappa shape index (κ3) is 3.64. The molecular weight excluding hydrogens is 326 g/mol. The van der Waals surface area contributed by atoms with E-state index < -0.39 is 0 Å². The number of benzene rings is 1. The number of carbonyl (C=O) groups is 1. The van der Waals surface area contributed by atoms with Gasteiger partial charge in [0.1, 0.15) is 0 Å². The maximum atomic E-state index is 13.0. The lowest BCUT2D eigenvalue weighted by Gasteiger charge is -2.38. The molecule has 4 rings (SSSR count). The van der Waals surface area contributed by atoms with Gasteiger partial charge in [0.15, 0.2) is 0 Å². The van der Waals surface area contributed by atoms with Crippen LogP contribution in [-0.4, -0.2) is 65.1 Å². The Labute approximate surface area is 155 Å². The van der Waals surface area contributed by atoms with Crippen LogP contribution in [-0.2, 0) is 16.0 Å². The van der Waals surface area contributed by atoms with Crippen LogP contribution in [0.1, 0.15) is 32.3 Å². The first-order valence-electron chi connectivity index (χ1n) is 9.82. The van der Waals surface area contributed by atoms with Gasteiger partial charge in [-0.1, -0.05) is 18.2 Å². The molecule has 26 heavy (non-hydrogen) atoms. The van der Waals surface area contributed by atoms with E-state index in [1.54, 1.807) is 0 Å². The van der Waals surface area contributed by atoms with Crippen molar-refractivity contribution in [3.8, 4) is 0 Å². The van der Waals surface area contributed by atoms with Crippen molar-refractivity contribution in [2.24, 2.45) is 0 Å². The highest BCUT2D eigenvalue weighted by atomic mass is 16.5. The average molecular weight is 355 g/mol. The monoisotopic (exact) mass is 355 g/mol. The molecule has 0 unspecified atom stereocenters. The summed E-state index contributed by atoms with van der Waals surface area (Å²) in [5.41, 5.74) is 2.20. The van der Waals surface area contributed by atoms with Crippen molar-refractivity contribution < 1.29 is 9.53 Å². The molecule has 2 saturated heterocycles. The molecule has 3 atom stereocenters. The van der Waals surface area contributed by atoms with Crippen molar-refractivity contribution in [2.75, 3.05) is 26.2 Å². The Hall–Kier alpha value is -1.85. The Morgan fingerprint density at radius 2 is 2.00 bits per heavy atom. The standard InChI is InChI=1S/C21H29N3O2/c1-15-12-23(13-16(2)26-15)14-18-6-5-9-24(18)21(25)10-17-11-22-20-8-4-3-7-19(17)20/h3-4,7-8,11,15-16,18,22H,5-6,9-10,12-14H2,1-2H3/t15-,16+,18-/m1/s1. The van der Waals surface area contributed by atoms with Gasteiger partial charge >= 0.3 is 0 Å². The molecule has 2 fully saturated rings. The lowest BCUT2D eigenvalue weighted by molar-refractivity contribution is -0.132. The number of hydrogen-bond acceptors (Lipinski definition) is 3. The van der Waals surface area contributed by atoms with Gasteiger partial charge in [-0.3, -0.25) is 9.69 Å². The highest BCUT2D eigenvalue weighted by Crippen LogP contribution is 2.24. The Kier molecular flexibility index (Phi) is 5.00. The quantitative estimate of drug-likeness (QED) is 0.917. The zero-order valence-electron chi connectivity index (χ0n) is 15.8. The summed E-state index contributed by atoms with van der Waals surface area (Å²) in [6, 6.07) is 8.54. The van der Waals surface area contributed by atoms with Gasteiger partial charge in [-0.25, -0.2) is 0 Å². The third-order valence-electron chi connectivity index (χ3n) is 5.68. The SMILES string of the molecule is C[C@@H]1CN(C[C@H]2CCCN2C(=O)Cc2c[nH]c3ccccc23)C[C@H](C)O1. The van der Waals surface area contributed by atoms with Crippen molar-refractivity contribution in [3.05, 3.63) is 36.0 Å². The maximum Gasteiger partial charge on any atom is 0.227 e. The van der Waals surface area contributed by atoms with E-state index in [0.717, 1.165) is 55.5 Å². The smallest absolute Gasteiger partial charge is 0.227 e. The number of aromatic amines is 1. The number of fused-ring (bicyclic) bond motifs is 1. The number of para-hydroxylation sites is 1. The van der Waals surface area contributed by atoms with Crippen LogP contribution >= 0.6 is 0 Å². The van der Waals surface area contributed by atoms with E-state index in [-0.39, 0.29) is 18.1 Å². The summed E-state index contributed by atoms with van der Waals surface area (Å²) in [6.45, 7) is 8.06. The number of nitrogens with zero attached hydrogens (tertiary/aromatic N) is 2. The van der Waals surface area contributed by atoms with Gasteiger partial charge in [0.05, 0.1) is 18.6 Å². The molecule has 3 heterocycles. The van der Waals surface area contributed by atoms with Gasteiger partial charge < -0.3 is 14.6 Å². The predicted octanol–water partition coefficient (Wildman–Crippen LogP) is 2.81. The van der Waals surface area contributed by atoms with Crippen LogP contribution in [0, 0.1) is 0 Å². The van der Waals surface area contributed by atoms with Gasteiger partial charge in [-0.2, -0.15) is 0 Å². The first-order valence-corrected chi connectivity index (χ1v) is 9.82. The zero-order chi connectivity index (χ0) is 18.1. The van der Waals surface area contributed by atoms with E-state index in [1.165, 1.54) is 0 Å². The summed E-state index contributed by atoms with van der Waals surface area (Å²) in [4.78, 5) is 20.9. The minimum absolute atomic E-state index is 0.256. The molecular formula is C21H29N3O2. The van der Waals surface area contributed by atoms with E-state index >= 15 is 0 Å². The Balaban J connectivity index is 1.42. The highest BCUT2D eigenvalue weighted by Gasteiger charge is 2.32. The lowest BCUT2D eigenvalue weighted by Crippen LogP contribution is -2.51. The molecule has 1 N–H and O–H groups in total. The number of hydrogen-bond donors (Lipinski definition) is 1. The van der Waals surface area contributed by atoms with Crippen molar-refractivity contribution in [2.45, 2.75) is 51.4 Å². The fraction of sp³-hybridized carbons (Fsp3) is 0.571. The number of likely N-dealkylation sites (tertiary alicyclic amines) is 1. The Morgan fingerprint density at radius 3 is 2.81 bits per heavy atom. The number of H-pyrrole nitrogens is 1. The normalized spacial score (nSPS) is 27.3. The van der Waals surface area contributed by atoms with Crippen molar-refractivity contribution in [1.29, 1.82) is 0 Å². The minimum Gasteiger partial charge on any atom is -0.373 e. The molecule has 5 nitrogen and oxygen atoms in total. The number of amides is 1. The second-order valence-corrected chi connectivity index (χ2v) is 7.90. The van der Waals surface area contributed by atoms with E-state index in [2.05, 4.69) is 40.8 Å². The minimum atomic E-state index is 0.256. The van der Waals surface area contributed by atoms with Crippen molar-refractivity contribution >= 4 is 16.8 Å². The predicted molar refractivity (Wildman–Crippen MR) is 103 cm³/mol. The number of morpholine rings is 1. The van der Waals surface area contributed by atoms with Gasteiger partial charge in [0.25, 0.3) is 0 Å². The van der Waals surface area contributed by atoms with Crippen molar-refractivity contribution in [3.63, 3.8) is 0 Å². The summed E-state index contributed by atoms with van der Waals surface area (Å²) in [5, 5.41) is 1.16. The second kappa shape index (κ2) is 7.41. The molecule has 140 valence electrons. The van der Waals surface area contributed by atoms with Crippen molar-refractivity contribution in [1.82, 2.24) is 14.8 Å². The van der Waals surface area contributed by atoms with Crippen LogP contribution < -0.4 is 0 Å². The maximum absolute atomic E-state index is 13.0. The molecule has 0 spiro atoms. The van der Waals surface area contributed by atoms with E-state index in [0.29, 0.717) is 12.5 Å². The fourth-order valence-electron chi connectivity index (χ4n) is 4.63. The lowest BCUT2D eigenvalue weighted by atomic mass is 10.1. The fourth-order valence-corrected chi connectivity index (χ4v) is 4.63. The number of ether oxygens (including phenoxy) is 1.